The standard InChI is InChI=1S/C14H16N2O3S/c1-16-7-6-9(14(16)18)15-13(17)11-8-20-12-5-3-2-4-10(12)19-11/h2-5,9,11H,6-8H2,1H3,(H,15,17)/t9-,11-/m1/s1. The van der Waals surface area contributed by atoms with E-state index in [4.69, 9.17) is 4.74 Å². The van der Waals surface area contributed by atoms with Gasteiger partial charge in [0.15, 0.2) is 6.10 Å². The van der Waals surface area contributed by atoms with Gasteiger partial charge in [-0.15, -0.1) is 11.8 Å². The van der Waals surface area contributed by atoms with Crippen molar-refractivity contribution >= 4 is 23.6 Å². The second kappa shape index (κ2) is 5.36. The number of likely N-dealkylation sites (tertiary alicyclic amines) is 1. The summed E-state index contributed by atoms with van der Waals surface area (Å²) in [5.74, 6) is 1.07. The first-order chi connectivity index (χ1) is 9.65. The minimum absolute atomic E-state index is 0.0257. The number of nitrogens with zero attached hydrogens (tertiary/aromatic N) is 1. The van der Waals surface area contributed by atoms with Crippen LogP contribution in [-0.2, 0) is 9.59 Å². The van der Waals surface area contributed by atoms with Gasteiger partial charge in [0.05, 0.1) is 0 Å². The van der Waals surface area contributed by atoms with E-state index in [9.17, 15) is 9.59 Å². The topological polar surface area (TPSA) is 58.6 Å². The summed E-state index contributed by atoms with van der Waals surface area (Å²) in [5, 5.41) is 2.79. The van der Waals surface area contributed by atoms with Crippen molar-refractivity contribution in [1.82, 2.24) is 10.2 Å². The van der Waals surface area contributed by atoms with Crippen LogP contribution >= 0.6 is 11.8 Å². The molecule has 2 amide bonds. The van der Waals surface area contributed by atoms with E-state index in [-0.39, 0.29) is 11.8 Å². The van der Waals surface area contributed by atoms with E-state index >= 15 is 0 Å². The third-order valence-corrected chi connectivity index (χ3v) is 4.66. The maximum atomic E-state index is 12.2. The van der Waals surface area contributed by atoms with Gasteiger partial charge in [0, 0.05) is 24.2 Å². The van der Waals surface area contributed by atoms with Crippen molar-refractivity contribution in [2.75, 3.05) is 19.3 Å². The quantitative estimate of drug-likeness (QED) is 0.879. The van der Waals surface area contributed by atoms with E-state index in [1.807, 2.05) is 24.3 Å². The number of thioether (sulfide) groups is 1. The van der Waals surface area contributed by atoms with Gasteiger partial charge in [-0.25, -0.2) is 0 Å². The molecule has 106 valence electrons. The first-order valence-corrected chi connectivity index (χ1v) is 7.57. The number of likely N-dealkylation sites (N-methyl/N-ethyl adjacent to an activating group) is 1. The summed E-state index contributed by atoms with van der Waals surface area (Å²) in [7, 11) is 1.75. The number of carbonyl (C=O) groups is 2. The SMILES string of the molecule is CN1CC[C@@H](NC(=O)[C@H]2CSc3ccccc3O2)C1=O. The number of carbonyl (C=O) groups excluding carboxylic acids is 2. The van der Waals surface area contributed by atoms with Crippen LogP contribution in [0.3, 0.4) is 0 Å². The number of benzene rings is 1. The molecule has 2 aliphatic heterocycles. The molecule has 1 N–H and O–H groups in total. The average molecular weight is 292 g/mol. The molecule has 1 saturated heterocycles. The molecule has 0 aromatic heterocycles. The molecule has 5 nitrogen and oxygen atoms in total. The van der Waals surface area contributed by atoms with Gasteiger partial charge in [-0.2, -0.15) is 0 Å². The zero-order chi connectivity index (χ0) is 14.1. The Labute approximate surface area is 121 Å². The highest BCUT2D eigenvalue weighted by Gasteiger charge is 2.34. The summed E-state index contributed by atoms with van der Waals surface area (Å²) >= 11 is 1.60. The molecular weight excluding hydrogens is 276 g/mol. The number of hydrogen-bond donors (Lipinski definition) is 1. The molecule has 1 aromatic carbocycles. The second-order valence-electron chi connectivity index (χ2n) is 4.97. The lowest BCUT2D eigenvalue weighted by Gasteiger charge is -2.25. The Morgan fingerprint density at radius 2 is 2.25 bits per heavy atom. The van der Waals surface area contributed by atoms with Crippen LogP contribution in [0.4, 0.5) is 0 Å². The number of para-hydroxylation sites is 1. The number of nitrogens with one attached hydrogen (secondary N) is 1. The van der Waals surface area contributed by atoms with Crippen LogP contribution in [0.5, 0.6) is 5.75 Å². The van der Waals surface area contributed by atoms with Crippen molar-refractivity contribution in [3.05, 3.63) is 24.3 Å². The van der Waals surface area contributed by atoms with Crippen LogP contribution in [0.2, 0.25) is 0 Å². The summed E-state index contributed by atoms with van der Waals surface area (Å²) in [4.78, 5) is 26.7. The molecule has 3 rings (SSSR count). The first kappa shape index (κ1) is 13.3. The van der Waals surface area contributed by atoms with E-state index < -0.39 is 12.1 Å². The highest BCUT2D eigenvalue weighted by molar-refractivity contribution is 7.99. The Balaban J connectivity index is 1.63. The Morgan fingerprint density at radius 1 is 1.45 bits per heavy atom. The fraction of sp³-hybridized carbons (Fsp3) is 0.429. The van der Waals surface area contributed by atoms with Gasteiger partial charge in [-0.05, 0) is 18.6 Å². The first-order valence-electron chi connectivity index (χ1n) is 6.59. The van der Waals surface area contributed by atoms with Gasteiger partial charge in [-0.1, -0.05) is 12.1 Å². The van der Waals surface area contributed by atoms with Crippen LogP contribution in [-0.4, -0.2) is 48.2 Å². The summed E-state index contributed by atoms with van der Waals surface area (Å²) in [6.07, 6.45) is 0.131. The van der Waals surface area contributed by atoms with Gasteiger partial charge >= 0.3 is 0 Å². The fourth-order valence-electron chi connectivity index (χ4n) is 2.37. The van der Waals surface area contributed by atoms with Crippen LogP contribution < -0.4 is 10.1 Å². The van der Waals surface area contributed by atoms with E-state index in [0.717, 1.165) is 10.6 Å². The van der Waals surface area contributed by atoms with Crippen molar-refractivity contribution in [2.24, 2.45) is 0 Å². The van der Waals surface area contributed by atoms with Crippen LogP contribution in [0.15, 0.2) is 29.2 Å². The number of ether oxygens (including phenoxy) is 1. The molecule has 2 aliphatic rings. The smallest absolute Gasteiger partial charge is 0.262 e. The van der Waals surface area contributed by atoms with E-state index in [1.165, 1.54) is 0 Å². The van der Waals surface area contributed by atoms with Crippen molar-refractivity contribution in [2.45, 2.75) is 23.5 Å². The molecule has 0 unspecified atom stereocenters. The number of hydrogen-bond acceptors (Lipinski definition) is 4. The molecule has 2 heterocycles. The zero-order valence-electron chi connectivity index (χ0n) is 11.2. The maximum absolute atomic E-state index is 12.2. The summed E-state index contributed by atoms with van der Waals surface area (Å²) in [6.45, 7) is 0.687. The van der Waals surface area contributed by atoms with Crippen molar-refractivity contribution in [3.63, 3.8) is 0 Å². The van der Waals surface area contributed by atoms with Gasteiger partial charge < -0.3 is 15.0 Å². The highest BCUT2D eigenvalue weighted by Crippen LogP contribution is 2.34. The minimum atomic E-state index is -0.534. The minimum Gasteiger partial charge on any atom is -0.479 e. The number of rotatable bonds is 2. The van der Waals surface area contributed by atoms with E-state index in [2.05, 4.69) is 5.32 Å². The highest BCUT2D eigenvalue weighted by atomic mass is 32.2. The molecule has 0 saturated carbocycles. The Bertz CT molecular complexity index is 549. The normalized spacial score (nSPS) is 25.1. The van der Waals surface area contributed by atoms with Gasteiger partial charge in [0.1, 0.15) is 11.8 Å². The molecule has 0 bridgehead atoms. The summed E-state index contributed by atoms with van der Waals surface area (Å²) in [5.41, 5.74) is 0. The average Bonchev–Trinajstić information content (AvgIpc) is 2.78. The predicted molar refractivity (Wildman–Crippen MR) is 75.8 cm³/mol. The monoisotopic (exact) mass is 292 g/mol. The molecule has 1 fully saturated rings. The molecule has 0 aliphatic carbocycles. The fourth-order valence-corrected chi connectivity index (χ4v) is 3.35. The van der Waals surface area contributed by atoms with Crippen LogP contribution in [0, 0.1) is 0 Å². The number of amides is 2. The molecule has 0 radical (unpaired) electrons. The van der Waals surface area contributed by atoms with E-state index in [0.29, 0.717) is 18.7 Å². The Hall–Kier alpha value is -1.69. The van der Waals surface area contributed by atoms with Crippen molar-refractivity contribution < 1.29 is 14.3 Å². The van der Waals surface area contributed by atoms with Crippen LogP contribution in [0.1, 0.15) is 6.42 Å². The van der Waals surface area contributed by atoms with Crippen LogP contribution in [0.25, 0.3) is 0 Å². The largest absolute Gasteiger partial charge is 0.479 e. The zero-order valence-corrected chi connectivity index (χ0v) is 12.0. The number of fused-ring (bicyclic) bond motifs is 1. The molecule has 2 atom stereocenters. The molecule has 20 heavy (non-hydrogen) atoms. The molecule has 6 heteroatoms. The summed E-state index contributed by atoms with van der Waals surface area (Å²) in [6, 6.07) is 7.26. The van der Waals surface area contributed by atoms with Crippen molar-refractivity contribution in [3.8, 4) is 5.75 Å². The van der Waals surface area contributed by atoms with Gasteiger partial charge in [0.25, 0.3) is 5.91 Å². The third kappa shape index (κ3) is 2.47. The summed E-state index contributed by atoms with van der Waals surface area (Å²) < 4.78 is 5.71. The molecular formula is C14H16N2O3S. The molecule has 1 aromatic rings. The third-order valence-electron chi connectivity index (χ3n) is 3.55. The Morgan fingerprint density at radius 3 is 3.00 bits per heavy atom. The predicted octanol–water partition coefficient (Wildman–Crippen LogP) is 0.887. The Kier molecular flexibility index (Phi) is 3.56. The lowest BCUT2D eigenvalue weighted by molar-refractivity contribution is -0.134. The molecule has 0 spiro atoms. The second-order valence-corrected chi connectivity index (χ2v) is 6.04. The van der Waals surface area contributed by atoms with Gasteiger partial charge in [0.2, 0.25) is 5.91 Å². The van der Waals surface area contributed by atoms with E-state index in [1.54, 1.807) is 23.7 Å². The lowest BCUT2D eigenvalue weighted by atomic mass is 10.2. The lowest BCUT2D eigenvalue weighted by Crippen LogP contribution is -2.48. The maximum Gasteiger partial charge on any atom is 0.262 e. The van der Waals surface area contributed by atoms with Gasteiger partial charge in [-0.3, -0.25) is 9.59 Å². The van der Waals surface area contributed by atoms with Crippen molar-refractivity contribution in [1.29, 1.82) is 0 Å².